The van der Waals surface area contributed by atoms with E-state index < -0.39 is 0 Å². The highest BCUT2D eigenvalue weighted by Gasteiger charge is 2.34. The van der Waals surface area contributed by atoms with Gasteiger partial charge in [-0.25, -0.2) is 4.68 Å². The van der Waals surface area contributed by atoms with Crippen molar-refractivity contribution in [3.05, 3.63) is 52.2 Å². The monoisotopic (exact) mass is 385 g/mol. The molecule has 3 aromatic rings. The van der Waals surface area contributed by atoms with Crippen molar-refractivity contribution >= 4 is 34.7 Å². The van der Waals surface area contributed by atoms with E-state index in [0.717, 1.165) is 12.1 Å². The van der Waals surface area contributed by atoms with Crippen LogP contribution in [0, 0.1) is 0 Å². The van der Waals surface area contributed by atoms with Crippen molar-refractivity contribution in [3.8, 4) is 0 Å². The first-order valence-electron chi connectivity index (χ1n) is 8.49. The molecule has 0 aliphatic carbocycles. The first-order valence-corrected chi connectivity index (χ1v) is 10.3. The zero-order valence-corrected chi connectivity index (χ0v) is 16.2. The molecule has 0 unspecified atom stereocenters. The molecule has 4 rings (SSSR count). The van der Waals surface area contributed by atoms with Gasteiger partial charge in [-0.05, 0) is 53.8 Å². The van der Waals surface area contributed by atoms with E-state index in [2.05, 4.69) is 34.6 Å². The number of thiophene rings is 1. The van der Waals surface area contributed by atoms with Crippen molar-refractivity contribution in [2.75, 3.05) is 4.90 Å². The van der Waals surface area contributed by atoms with Crippen molar-refractivity contribution in [2.45, 2.75) is 43.3 Å². The number of thioether (sulfide) groups is 1. The maximum absolute atomic E-state index is 13.1. The smallest absolute Gasteiger partial charge is 0.240 e. The average Bonchev–Trinajstić information content (AvgIpc) is 3.35. The van der Waals surface area contributed by atoms with Crippen LogP contribution < -0.4 is 4.90 Å². The minimum Gasteiger partial charge on any atom is -0.308 e. The van der Waals surface area contributed by atoms with Crippen molar-refractivity contribution in [1.82, 2.24) is 20.2 Å². The summed E-state index contributed by atoms with van der Waals surface area (Å²) in [5.41, 5.74) is 2.25. The predicted octanol–water partition coefficient (Wildman–Crippen LogP) is 3.24. The van der Waals surface area contributed by atoms with Crippen LogP contribution >= 0.6 is 23.1 Å². The normalized spacial score (nSPS) is 17.3. The fourth-order valence-electron chi connectivity index (χ4n) is 3.24. The molecule has 0 spiro atoms. The van der Waals surface area contributed by atoms with Crippen molar-refractivity contribution in [1.29, 1.82) is 0 Å². The van der Waals surface area contributed by atoms with E-state index in [-0.39, 0.29) is 17.2 Å². The summed E-state index contributed by atoms with van der Waals surface area (Å²) >= 11 is 3.08. The number of amides is 1. The summed E-state index contributed by atoms with van der Waals surface area (Å²) < 4.78 is 1.75. The number of rotatable bonds is 5. The standard InChI is InChI=1S/C18H19N5OS2/c1-12-10-14-6-3-4-8-16(14)23(12)17(24)13(2)26-18-19-20-21-22(18)11-15-7-5-9-25-15/h3-9,12-13H,10-11H2,1-2H3/t12-,13+/m0/s1. The number of hydrogen-bond donors (Lipinski definition) is 0. The van der Waals surface area contributed by atoms with Gasteiger partial charge in [0.15, 0.2) is 0 Å². The fraction of sp³-hybridized carbons (Fsp3) is 0.333. The largest absolute Gasteiger partial charge is 0.308 e. The van der Waals surface area contributed by atoms with Crippen LogP contribution in [-0.2, 0) is 17.8 Å². The molecule has 0 N–H and O–H groups in total. The molecule has 0 bridgehead atoms. The first-order chi connectivity index (χ1) is 12.6. The second-order valence-corrected chi connectivity index (χ2v) is 8.69. The van der Waals surface area contributed by atoms with Crippen LogP contribution in [0.1, 0.15) is 24.3 Å². The molecule has 0 fully saturated rings. The number of carbonyl (C=O) groups excluding carboxylic acids is 1. The molecule has 3 heterocycles. The van der Waals surface area contributed by atoms with Gasteiger partial charge in [0.05, 0.1) is 11.8 Å². The molecule has 2 atom stereocenters. The molecule has 1 aliphatic heterocycles. The number of para-hydroxylation sites is 1. The van der Waals surface area contributed by atoms with E-state index in [9.17, 15) is 4.79 Å². The summed E-state index contributed by atoms with van der Waals surface area (Å²) in [4.78, 5) is 16.2. The van der Waals surface area contributed by atoms with Gasteiger partial charge in [-0.15, -0.1) is 16.4 Å². The summed E-state index contributed by atoms with van der Waals surface area (Å²) in [6.45, 7) is 4.64. The van der Waals surface area contributed by atoms with Crippen LogP contribution in [0.3, 0.4) is 0 Å². The third-order valence-corrected chi connectivity index (χ3v) is 6.38. The SMILES string of the molecule is C[C@@H](Sc1nnnn1Cc1cccs1)C(=O)N1c2ccccc2C[C@@H]1C. The van der Waals surface area contributed by atoms with E-state index in [0.29, 0.717) is 11.7 Å². The maximum atomic E-state index is 13.1. The van der Waals surface area contributed by atoms with E-state index in [1.807, 2.05) is 41.5 Å². The van der Waals surface area contributed by atoms with Gasteiger partial charge in [0.25, 0.3) is 0 Å². The van der Waals surface area contributed by atoms with Gasteiger partial charge in [-0.2, -0.15) is 0 Å². The highest BCUT2D eigenvalue weighted by molar-refractivity contribution is 8.00. The number of carbonyl (C=O) groups is 1. The van der Waals surface area contributed by atoms with E-state index in [4.69, 9.17) is 0 Å². The zero-order chi connectivity index (χ0) is 18.1. The summed E-state index contributed by atoms with van der Waals surface area (Å²) in [5, 5.41) is 14.4. The van der Waals surface area contributed by atoms with Gasteiger partial charge >= 0.3 is 0 Å². The molecule has 0 saturated carbocycles. The lowest BCUT2D eigenvalue weighted by atomic mass is 10.1. The Kier molecular flexibility index (Phi) is 4.78. The molecule has 1 aliphatic rings. The first kappa shape index (κ1) is 17.2. The summed E-state index contributed by atoms with van der Waals surface area (Å²) in [5.74, 6) is 0.0955. The zero-order valence-electron chi connectivity index (χ0n) is 14.6. The molecule has 0 saturated heterocycles. The summed E-state index contributed by atoms with van der Waals surface area (Å²) in [6.07, 6.45) is 0.898. The van der Waals surface area contributed by atoms with E-state index >= 15 is 0 Å². The third-order valence-electron chi connectivity index (χ3n) is 4.46. The van der Waals surface area contributed by atoms with E-state index in [1.165, 1.54) is 22.2 Å². The number of fused-ring (bicyclic) bond motifs is 1. The van der Waals surface area contributed by atoms with Gasteiger partial charge in [0, 0.05) is 16.6 Å². The summed E-state index contributed by atoms with van der Waals surface area (Å²) in [7, 11) is 0. The Morgan fingerprint density at radius 3 is 3.00 bits per heavy atom. The van der Waals surface area contributed by atoms with Gasteiger partial charge in [-0.1, -0.05) is 36.0 Å². The molecular weight excluding hydrogens is 366 g/mol. The molecule has 0 radical (unpaired) electrons. The molecule has 2 aromatic heterocycles. The number of aromatic nitrogens is 4. The Labute approximate surface area is 160 Å². The molecule has 8 heteroatoms. The van der Waals surface area contributed by atoms with Gasteiger partial charge in [-0.3, -0.25) is 4.79 Å². The molecular formula is C18H19N5OS2. The van der Waals surface area contributed by atoms with Gasteiger partial charge in [0.1, 0.15) is 0 Å². The maximum Gasteiger partial charge on any atom is 0.240 e. The number of hydrogen-bond acceptors (Lipinski definition) is 6. The minimum atomic E-state index is -0.267. The Bertz CT molecular complexity index is 908. The highest BCUT2D eigenvalue weighted by Crippen LogP contribution is 2.34. The predicted molar refractivity (Wildman–Crippen MR) is 104 cm³/mol. The van der Waals surface area contributed by atoms with Crippen molar-refractivity contribution in [3.63, 3.8) is 0 Å². The number of tetrazole rings is 1. The van der Waals surface area contributed by atoms with Crippen LogP contribution in [0.4, 0.5) is 5.69 Å². The Morgan fingerprint density at radius 1 is 1.35 bits per heavy atom. The molecule has 134 valence electrons. The lowest BCUT2D eigenvalue weighted by molar-refractivity contribution is -0.118. The number of anilines is 1. The van der Waals surface area contributed by atoms with Gasteiger partial charge in [0.2, 0.25) is 11.1 Å². The molecule has 6 nitrogen and oxygen atoms in total. The minimum absolute atomic E-state index is 0.0955. The molecule has 1 aromatic carbocycles. The Balaban J connectivity index is 1.50. The Morgan fingerprint density at radius 2 is 2.19 bits per heavy atom. The fourth-order valence-corrected chi connectivity index (χ4v) is 4.76. The third kappa shape index (κ3) is 3.26. The van der Waals surface area contributed by atoms with Crippen LogP contribution in [0.25, 0.3) is 0 Å². The molecule has 26 heavy (non-hydrogen) atoms. The number of nitrogens with zero attached hydrogens (tertiary/aromatic N) is 5. The molecule has 1 amide bonds. The summed E-state index contributed by atoms with van der Waals surface area (Å²) in [6, 6.07) is 12.4. The average molecular weight is 386 g/mol. The lowest BCUT2D eigenvalue weighted by Gasteiger charge is -2.25. The lowest BCUT2D eigenvalue weighted by Crippen LogP contribution is -2.40. The van der Waals surface area contributed by atoms with E-state index in [1.54, 1.807) is 16.0 Å². The van der Waals surface area contributed by atoms with Crippen LogP contribution in [0.5, 0.6) is 0 Å². The quantitative estimate of drug-likeness (QED) is 0.631. The van der Waals surface area contributed by atoms with Gasteiger partial charge < -0.3 is 4.90 Å². The topological polar surface area (TPSA) is 63.9 Å². The van der Waals surface area contributed by atoms with Crippen LogP contribution in [0.2, 0.25) is 0 Å². The van der Waals surface area contributed by atoms with Crippen molar-refractivity contribution in [2.24, 2.45) is 0 Å². The van der Waals surface area contributed by atoms with Crippen LogP contribution in [0.15, 0.2) is 46.9 Å². The van der Waals surface area contributed by atoms with Crippen molar-refractivity contribution < 1.29 is 4.79 Å². The second-order valence-electron chi connectivity index (χ2n) is 6.35. The highest BCUT2D eigenvalue weighted by atomic mass is 32.2. The Hall–Kier alpha value is -2.19. The van der Waals surface area contributed by atoms with Crippen LogP contribution in [-0.4, -0.2) is 37.4 Å². The second kappa shape index (κ2) is 7.20. The number of benzene rings is 1.